The molecule has 0 unspecified atom stereocenters. The van der Waals surface area contributed by atoms with Crippen molar-refractivity contribution in [3.05, 3.63) is 34.9 Å². The fraction of sp³-hybridized carbons (Fsp3) is 0.308. The number of esters is 1. The van der Waals surface area contributed by atoms with Gasteiger partial charge in [-0.3, -0.25) is 0 Å². The second-order valence-electron chi connectivity index (χ2n) is 3.84. The van der Waals surface area contributed by atoms with Crippen LogP contribution in [0.2, 0.25) is 0 Å². The molecular weight excluding hydrogens is 284 g/mol. The maximum atomic E-state index is 11.7. The SMILES string of the molecule is O=C(O)c1ccc(C(=O)OCCOCCO)c(C(=O)O)c1. The van der Waals surface area contributed by atoms with Gasteiger partial charge in [-0.15, -0.1) is 0 Å². The summed E-state index contributed by atoms with van der Waals surface area (Å²) in [6.45, 7) is -0.112. The average Bonchev–Trinajstić information content (AvgIpc) is 2.46. The minimum Gasteiger partial charge on any atom is -0.478 e. The van der Waals surface area contributed by atoms with Crippen LogP contribution in [0.5, 0.6) is 0 Å². The molecule has 0 aliphatic heterocycles. The maximum Gasteiger partial charge on any atom is 0.339 e. The second kappa shape index (κ2) is 7.98. The van der Waals surface area contributed by atoms with E-state index in [1.54, 1.807) is 0 Å². The minimum absolute atomic E-state index is 0.0575. The van der Waals surface area contributed by atoms with E-state index in [1.807, 2.05) is 0 Å². The molecule has 0 saturated carbocycles. The van der Waals surface area contributed by atoms with Crippen molar-refractivity contribution >= 4 is 17.9 Å². The van der Waals surface area contributed by atoms with Gasteiger partial charge < -0.3 is 24.8 Å². The van der Waals surface area contributed by atoms with Crippen molar-refractivity contribution in [3.63, 3.8) is 0 Å². The zero-order valence-corrected chi connectivity index (χ0v) is 10.9. The third-order valence-electron chi connectivity index (χ3n) is 2.41. The Kier molecular flexibility index (Phi) is 6.31. The monoisotopic (exact) mass is 298 g/mol. The number of carbonyl (C=O) groups excluding carboxylic acids is 1. The number of rotatable bonds is 8. The van der Waals surface area contributed by atoms with Crippen LogP contribution in [0, 0.1) is 0 Å². The summed E-state index contributed by atoms with van der Waals surface area (Å²) in [6, 6.07) is 3.10. The van der Waals surface area contributed by atoms with Gasteiger partial charge in [0.2, 0.25) is 0 Å². The van der Waals surface area contributed by atoms with Gasteiger partial charge in [0, 0.05) is 0 Å². The Morgan fingerprint density at radius 1 is 0.952 bits per heavy atom. The van der Waals surface area contributed by atoms with E-state index < -0.39 is 23.5 Å². The number of hydrogen-bond donors (Lipinski definition) is 3. The number of carboxylic acid groups (broad SMARTS) is 2. The lowest BCUT2D eigenvalue weighted by Crippen LogP contribution is -2.16. The molecule has 0 fully saturated rings. The molecule has 21 heavy (non-hydrogen) atoms. The average molecular weight is 298 g/mol. The Balaban J connectivity index is 2.79. The van der Waals surface area contributed by atoms with Gasteiger partial charge in [0.05, 0.1) is 36.5 Å². The van der Waals surface area contributed by atoms with E-state index in [2.05, 4.69) is 0 Å². The van der Waals surface area contributed by atoms with Crippen LogP contribution in [0.25, 0.3) is 0 Å². The normalized spacial score (nSPS) is 10.1. The molecule has 0 radical (unpaired) electrons. The maximum absolute atomic E-state index is 11.7. The Morgan fingerprint density at radius 3 is 2.24 bits per heavy atom. The largest absolute Gasteiger partial charge is 0.478 e. The molecule has 3 N–H and O–H groups in total. The number of carboxylic acids is 2. The molecular formula is C13H14O8. The topological polar surface area (TPSA) is 130 Å². The van der Waals surface area contributed by atoms with Gasteiger partial charge in [0.1, 0.15) is 6.61 Å². The summed E-state index contributed by atoms with van der Waals surface area (Å²) < 4.78 is 9.69. The first-order valence-corrected chi connectivity index (χ1v) is 5.93. The Bertz CT molecular complexity index is 537. The van der Waals surface area contributed by atoms with Crippen LogP contribution in [0.15, 0.2) is 18.2 Å². The summed E-state index contributed by atoms with van der Waals surface area (Å²) in [5.41, 5.74) is -0.930. The van der Waals surface area contributed by atoms with E-state index in [1.165, 1.54) is 0 Å². The number of aromatic carboxylic acids is 2. The molecule has 0 heterocycles. The summed E-state index contributed by atoms with van der Waals surface area (Å²) in [5, 5.41) is 26.3. The highest BCUT2D eigenvalue weighted by atomic mass is 16.6. The molecule has 0 aromatic heterocycles. The minimum atomic E-state index is -1.43. The number of aliphatic hydroxyl groups is 1. The van der Waals surface area contributed by atoms with E-state index in [-0.39, 0.29) is 37.6 Å². The van der Waals surface area contributed by atoms with Crippen molar-refractivity contribution in [2.75, 3.05) is 26.4 Å². The lowest BCUT2D eigenvalue weighted by molar-refractivity contribution is 0.0254. The molecule has 0 atom stereocenters. The molecule has 8 nitrogen and oxygen atoms in total. The molecule has 8 heteroatoms. The molecule has 114 valence electrons. The van der Waals surface area contributed by atoms with Gasteiger partial charge in [0.25, 0.3) is 0 Å². The smallest absolute Gasteiger partial charge is 0.339 e. The lowest BCUT2D eigenvalue weighted by atomic mass is 10.0. The molecule has 0 saturated heterocycles. The molecule has 1 aromatic carbocycles. The summed E-state index contributed by atoms with van der Waals surface area (Å²) in [5.74, 6) is -3.62. The fourth-order valence-corrected chi connectivity index (χ4v) is 1.47. The molecule has 1 rings (SSSR count). The van der Waals surface area contributed by atoms with Crippen molar-refractivity contribution in [1.29, 1.82) is 0 Å². The quantitative estimate of drug-likeness (QED) is 0.460. The van der Waals surface area contributed by atoms with E-state index in [0.29, 0.717) is 0 Å². The lowest BCUT2D eigenvalue weighted by Gasteiger charge is -2.08. The van der Waals surface area contributed by atoms with Gasteiger partial charge in [-0.05, 0) is 18.2 Å². The van der Waals surface area contributed by atoms with Crippen molar-refractivity contribution in [2.45, 2.75) is 0 Å². The van der Waals surface area contributed by atoms with Gasteiger partial charge in [-0.1, -0.05) is 0 Å². The predicted octanol–water partition coefficient (Wildman–Crippen LogP) is 0.249. The van der Waals surface area contributed by atoms with Crippen LogP contribution in [0.1, 0.15) is 31.1 Å². The zero-order valence-electron chi connectivity index (χ0n) is 10.9. The van der Waals surface area contributed by atoms with Crippen molar-refractivity contribution in [1.82, 2.24) is 0 Å². The molecule has 0 spiro atoms. The number of hydrogen-bond acceptors (Lipinski definition) is 6. The fourth-order valence-electron chi connectivity index (χ4n) is 1.47. The highest BCUT2D eigenvalue weighted by Gasteiger charge is 2.19. The van der Waals surface area contributed by atoms with E-state index >= 15 is 0 Å². The van der Waals surface area contributed by atoms with Crippen molar-refractivity contribution in [3.8, 4) is 0 Å². The Hall–Kier alpha value is -2.45. The first-order valence-electron chi connectivity index (χ1n) is 5.93. The number of carbonyl (C=O) groups is 3. The summed E-state index contributed by atoms with van der Waals surface area (Å²) >= 11 is 0. The van der Waals surface area contributed by atoms with E-state index in [4.69, 9.17) is 24.8 Å². The molecule has 0 aliphatic rings. The second-order valence-corrected chi connectivity index (χ2v) is 3.84. The molecule has 0 amide bonds. The highest BCUT2D eigenvalue weighted by molar-refractivity contribution is 6.04. The van der Waals surface area contributed by atoms with Crippen molar-refractivity contribution in [2.24, 2.45) is 0 Å². The first kappa shape index (κ1) is 16.6. The van der Waals surface area contributed by atoms with Gasteiger partial charge in [-0.2, -0.15) is 0 Å². The van der Waals surface area contributed by atoms with E-state index in [0.717, 1.165) is 18.2 Å². The highest BCUT2D eigenvalue weighted by Crippen LogP contribution is 2.14. The van der Waals surface area contributed by atoms with Crippen LogP contribution in [0.3, 0.4) is 0 Å². The number of benzene rings is 1. The van der Waals surface area contributed by atoms with Crippen LogP contribution >= 0.6 is 0 Å². The zero-order chi connectivity index (χ0) is 15.8. The Morgan fingerprint density at radius 2 is 1.67 bits per heavy atom. The first-order chi connectivity index (χ1) is 9.97. The van der Waals surface area contributed by atoms with Gasteiger partial charge >= 0.3 is 17.9 Å². The van der Waals surface area contributed by atoms with Crippen LogP contribution in [0.4, 0.5) is 0 Å². The molecule has 0 bridgehead atoms. The van der Waals surface area contributed by atoms with Crippen LogP contribution in [-0.4, -0.2) is 59.7 Å². The third kappa shape index (κ3) is 4.86. The standard InChI is InChI=1S/C13H14O8/c14-3-4-20-5-6-21-13(19)9-2-1-8(11(15)16)7-10(9)12(17)18/h1-2,7,14H,3-6H2,(H,15,16)(H,17,18). The molecule has 0 aliphatic carbocycles. The van der Waals surface area contributed by atoms with Crippen molar-refractivity contribution < 1.29 is 39.2 Å². The third-order valence-corrected chi connectivity index (χ3v) is 2.41. The predicted molar refractivity (Wildman–Crippen MR) is 68.5 cm³/mol. The summed E-state index contributed by atoms with van der Waals surface area (Å²) in [7, 11) is 0. The molecule has 1 aromatic rings. The van der Waals surface area contributed by atoms with Gasteiger partial charge in [0.15, 0.2) is 0 Å². The van der Waals surface area contributed by atoms with Crippen LogP contribution in [-0.2, 0) is 9.47 Å². The number of aliphatic hydroxyl groups excluding tert-OH is 1. The van der Waals surface area contributed by atoms with Crippen LogP contribution < -0.4 is 0 Å². The van der Waals surface area contributed by atoms with Gasteiger partial charge in [-0.25, -0.2) is 14.4 Å². The summed E-state index contributed by atoms with van der Waals surface area (Å²) in [4.78, 5) is 33.6. The van der Waals surface area contributed by atoms with E-state index in [9.17, 15) is 14.4 Å². The Labute approximate surface area is 119 Å². The summed E-state index contributed by atoms with van der Waals surface area (Å²) in [6.07, 6.45) is 0. The number of ether oxygens (including phenoxy) is 2.